The monoisotopic (exact) mass is 373 g/mol. The lowest BCUT2D eigenvalue weighted by molar-refractivity contribution is -0.140. The number of hydrogen-bond donors (Lipinski definition) is 1. The van der Waals surface area contributed by atoms with Gasteiger partial charge < -0.3 is 10.2 Å². The van der Waals surface area contributed by atoms with Crippen LogP contribution in [-0.4, -0.2) is 27.7 Å². The van der Waals surface area contributed by atoms with Crippen LogP contribution in [0.1, 0.15) is 37.8 Å². The van der Waals surface area contributed by atoms with E-state index in [2.05, 4.69) is 10.3 Å². The van der Waals surface area contributed by atoms with Crippen molar-refractivity contribution < 1.29 is 9.59 Å². The van der Waals surface area contributed by atoms with Crippen molar-refractivity contribution in [2.45, 2.75) is 45.8 Å². The van der Waals surface area contributed by atoms with Gasteiger partial charge in [-0.25, -0.2) is 0 Å². The van der Waals surface area contributed by atoms with Gasteiger partial charge in [-0.1, -0.05) is 36.7 Å². The van der Waals surface area contributed by atoms with E-state index >= 15 is 0 Å². The van der Waals surface area contributed by atoms with E-state index in [-0.39, 0.29) is 11.8 Å². The van der Waals surface area contributed by atoms with Crippen molar-refractivity contribution >= 4 is 23.4 Å². The summed E-state index contributed by atoms with van der Waals surface area (Å²) in [5.41, 5.74) is 1.85. The molecule has 2 rings (SSSR count). The van der Waals surface area contributed by atoms with Crippen LogP contribution in [0.2, 0.25) is 5.02 Å². The van der Waals surface area contributed by atoms with Crippen LogP contribution in [0.4, 0.5) is 0 Å². The van der Waals surface area contributed by atoms with Crippen molar-refractivity contribution in [3.8, 4) is 0 Å². The fourth-order valence-corrected chi connectivity index (χ4v) is 2.69. The molecule has 1 heterocycles. The summed E-state index contributed by atoms with van der Waals surface area (Å²) in [5, 5.41) is 3.52. The fraction of sp³-hybridized carbons (Fsp3) is 0.350. The van der Waals surface area contributed by atoms with E-state index < -0.39 is 6.04 Å². The topological polar surface area (TPSA) is 62.3 Å². The molecule has 138 valence electrons. The second-order valence-corrected chi connectivity index (χ2v) is 6.59. The minimum Gasteiger partial charge on any atom is -0.350 e. The van der Waals surface area contributed by atoms with Gasteiger partial charge in [-0.05, 0) is 42.7 Å². The molecule has 0 unspecified atom stereocenters. The summed E-state index contributed by atoms with van der Waals surface area (Å²) in [6, 6.07) is 10.5. The van der Waals surface area contributed by atoms with Gasteiger partial charge >= 0.3 is 0 Å². The van der Waals surface area contributed by atoms with Crippen LogP contribution in [0.25, 0.3) is 0 Å². The van der Waals surface area contributed by atoms with E-state index in [4.69, 9.17) is 11.6 Å². The molecule has 0 bridgehead atoms. The molecule has 1 aromatic heterocycles. The van der Waals surface area contributed by atoms with Gasteiger partial charge in [0.2, 0.25) is 11.8 Å². The van der Waals surface area contributed by atoms with Crippen molar-refractivity contribution in [1.29, 1.82) is 0 Å². The summed E-state index contributed by atoms with van der Waals surface area (Å²) in [7, 11) is 0. The van der Waals surface area contributed by atoms with Crippen LogP contribution in [0.15, 0.2) is 48.8 Å². The summed E-state index contributed by atoms with van der Waals surface area (Å²) in [6.07, 6.45) is 4.54. The van der Waals surface area contributed by atoms with E-state index in [1.165, 1.54) is 0 Å². The SMILES string of the molecule is CCCC(=O)N(Cc1ccc(Cl)cc1)[C@H](C)C(=O)NCc1cccnc1. The maximum absolute atomic E-state index is 12.6. The van der Waals surface area contributed by atoms with Gasteiger partial charge in [-0.15, -0.1) is 0 Å². The third kappa shape index (κ3) is 5.85. The molecule has 0 fully saturated rings. The lowest BCUT2D eigenvalue weighted by atomic mass is 10.1. The average molecular weight is 374 g/mol. The Kier molecular flexibility index (Phi) is 7.60. The molecular weight excluding hydrogens is 350 g/mol. The zero-order chi connectivity index (χ0) is 18.9. The molecular formula is C20H24ClN3O2. The van der Waals surface area contributed by atoms with Crippen LogP contribution in [0.3, 0.4) is 0 Å². The van der Waals surface area contributed by atoms with E-state index in [0.29, 0.717) is 24.5 Å². The van der Waals surface area contributed by atoms with Crippen LogP contribution < -0.4 is 5.32 Å². The number of halogens is 1. The Morgan fingerprint density at radius 1 is 1.19 bits per heavy atom. The maximum atomic E-state index is 12.6. The van der Waals surface area contributed by atoms with Crippen LogP contribution in [0.5, 0.6) is 0 Å². The van der Waals surface area contributed by atoms with Crippen molar-refractivity contribution in [3.63, 3.8) is 0 Å². The standard InChI is InChI=1S/C20H24ClN3O2/c1-3-5-19(25)24(14-16-7-9-18(21)10-8-16)15(2)20(26)23-13-17-6-4-11-22-12-17/h4,6-12,15H,3,5,13-14H2,1-2H3,(H,23,26)/t15-/m1/s1. The van der Waals surface area contributed by atoms with Gasteiger partial charge in [-0.3, -0.25) is 14.6 Å². The summed E-state index contributed by atoms with van der Waals surface area (Å²) < 4.78 is 0. The first-order valence-electron chi connectivity index (χ1n) is 8.71. The number of rotatable bonds is 8. The number of carbonyl (C=O) groups excluding carboxylic acids is 2. The molecule has 0 radical (unpaired) electrons. The number of nitrogens with one attached hydrogen (secondary N) is 1. The Bertz CT molecular complexity index is 720. The third-order valence-electron chi connectivity index (χ3n) is 4.09. The van der Waals surface area contributed by atoms with Gasteiger partial charge in [0, 0.05) is 36.9 Å². The lowest BCUT2D eigenvalue weighted by Crippen LogP contribution is -2.47. The first kappa shape index (κ1) is 19.9. The number of benzene rings is 1. The first-order valence-corrected chi connectivity index (χ1v) is 9.09. The summed E-state index contributed by atoms with van der Waals surface area (Å²) in [4.78, 5) is 30.8. The summed E-state index contributed by atoms with van der Waals surface area (Å²) in [6.45, 7) is 4.46. The van der Waals surface area contributed by atoms with E-state index in [9.17, 15) is 9.59 Å². The molecule has 1 aromatic carbocycles. The molecule has 0 aliphatic heterocycles. The average Bonchev–Trinajstić information content (AvgIpc) is 2.66. The van der Waals surface area contributed by atoms with Gasteiger partial charge in [0.25, 0.3) is 0 Å². The number of amides is 2. The van der Waals surface area contributed by atoms with Crippen LogP contribution in [0, 0.1) is 0 Å². The van der Waals surface area contributed by atoms with Gasteiger partial charge in [0.15, 0.2) is 0 Å². The Morgan fingerprint density at radius 2 is 1.92 bits per heavy atom. The van der Waals surface area contributed by atoms with Crippen molar-refractivity contribution in [1.82, 2.24) is 15.2 Å². The highest BCUT2D eigenvalue weighted by atomic mass is 35.5. The number of pyridine rings is 1. The highest BCUT2D eigenvalue weighted by Gasteiger charge is 2.25. The Labute approximate surface area is 159 Å². The number of nitrogens with zero attached hydrogens (tertiary/aromatic N) is 2. The van der Waals surface area contributed by atoms with Gasteiger partial charge in [-0.2, -0.15) is 0 Å². The summed E-state index contributed by atoms with van der Waals surface area (Å²) in [5.74, 6) is -0.223. The number of carbonyl (C=O) groups is 2. The maximum Gasteiger partial charge on any atom is 0.242 e. The van der Waals surface area contributed by atoms with Gasteiger partial charge in [0.1, 0.15) is 6.04 Å². The molecule has 1 atom stereocenters. The quantitative estimate of drug-likeness (QED) is 0.769. The lowest BCUT2D eigenvalue weighted by Gasteiger charge is -2.28. The minimum absolute atomic E-state index is 0.0357. The Hall–Kier alpha value is -2.40. The molecule has 2 aromatic rings. The van der Waals surface area contributed by atoms with E-state index in [1.54, 1.807) is 36.4 Å². The number of hydrogen-bond acceptors (Lipinski definition) is 3. The highest BCUT2D eigenvalue weighted by molar-refractivity contribution is 6.30. The summed E-state index contributed by atoms with van der Waals surface area (Å²) >= 11 is 5.92. The molecule has 0 spiro atoms. The van der Waals surface area contributed by atoms with E-state index in [0.717, 1.165) is 17.5 Å². The second kappa shape index (κ2) is 9.92. The van der Waals surface area contributed by atoms with Crippen LogP contribution in [-0.2, 0) is 22.7 Å². The minimum atomic E-state index is -0.568. The zero-order valence-electron chi connectivity index (χ0n) is 15.1. The second-order valence-electron chi connectivity index (χ2n) is 6.15. The number of aromatic nitrogens is 1. The molecule has 0 aliphatic carbocycles. The molecule has 0 saturated heterocycles. The predicted octanol–water partition coefficient (Wildman–Crippen LogP) is 3.57. The van der Waals surface area contributed by atoms with E-state index in [1.807, 2.05) is 31.2 Å². The predicted molar refractivity (Wildman–Crippen MR) is 102 cm³/mol. The smallest absolute Gasteiger partial charge is 0.242 e. The normalized spacial score (nSPS) is 11.7. The highest BCUT2D eigenvalue weighted by Crippen LogP contribution is 2.15. The first-order chi connectivity index (χ1) is 12.5. The van der Waals surface area contributed by atoms with Crippen molar-refractivity contribution in [2.75, 3.05) is 0 Å². The molecule has 0 saturated carbocycles. The zero-order valence-corrected chi connectivity index (χ0v) is 15.9. The third-order valence-corrected chi connectivity index (χ3v) is 4.34. The molecule has 2 amide bonds. The molecule has 5 nitrogen and oxygen atoms in total. The molecule has 6 heteroatoms. The van der Waals surface area contributed by atoms with Crippen molar-refractivity contribution in [3.05, 3.63) is 64.9 Å². The molecule has 26 heavy (non-hydrogen) atoms. The van der Waals surface area contributed by atoms with Crippen molar-refractivity contribution in [2.24, 2.45) is 0 Å². The Morgan fingerprint density at radius 3 is 2.54 bits per heavy atom. The largest absolute Gasteiger partial charge is 0.350 e. The van der Waals surface area contributed by atoms with Gasteiger partial charge in [0.05, 0.1) is 0 Å². The Balaban J connectivity index is 2.05. The molecule has 1 N–H and O–H groups in total. The van der Waals surface area contributed by atoms with Crippen LogP contribution >= 0.6 is 11.6 Å². The fourth-order valence-electron chi connectivity index (χ4n) is 2.57. The molecule has 0 aliphatic rings.